The van der Waals surface area contributed by atoms with Crippen molar-refractivity contribution in [2.75, 3.05) is 5.73 Å². The number of nitrogens with two attached hydrogens (primary N) is 7. The maximum Gasteiger partial charge on any atom is 0.142 e. The molecule has 0 amide bonds. The summed E-state index contributed by atoms with van der Waals surface area (Å²) in [5.41, 5.74) is 44.1. The van der Waals surface area contributed by atoms with Crippen LogP contribution in [0.2, 0.25) is 0 Å². The molecule has 0 unspecified atom stereocenters. The average molecular weight is 417 g/mol. The van der Waals surface area contributed by atoms with E-state index < -0.39 is 11.6 Å². The van der Waals surface area contributed by atoms with Gasteiger partial charge in [-0.2, -0.15) is 0 Å². The lowest BCUT2D eigenvalue weighted by Gasteiger charge is -2.19. The monoisotopic (exact) mass is 417 g/mol. The van der Waals surface area contributed by atoms with Crippen LogP contribution in [0.4, 0.5) is 5.15 Å². The van der Waals surface area contributed by atoms with Crippen molar-refractivity contribution >= 4 is 29.7 Å². The second-order valence-electron chi connectivity index (χ2n) is 6.36. The molecule has 0 aliphatic carbocycles. The van der Waals surface area contributed by atoms with Crippen LogP contribution in [0.3, 0.4) is 0 Å². The molecule has 1 heterocycles. The Kier molecular flexibility index (Phi) is 5.74. The molecule has 0 atom stereocenters. The summed E-state index contributed by atoms with van der Waals surface area (Å²) in [6.07, 6.45) is 0. The minimum atomic E-state index is -1.35. The van der Waals surface area contributed by atoms with Gasteiger partial charge in [-0.25, -0.2) is 0 Å². The summed E-state index contributed by atoms with van der Waals surface area (Å²) in [5, 5.41) is 3.22. The molecule has 3 aromatic rings. The Morgan fingerprint density at radius 2 is 0.852 bits per heavy atom. The van der Waals surface area contributed by atoms with Crippen LogP contribution in [-0.4, -0.2) is 0 Å². The number of hydrogen-bond donors (Lipinski definition) is 7. The molecule has 27 heavy (non-hydrogen) atoms. The first-order valence-electron chi connectivity index (χ1n) is 8.01. The topological polar surface area (TPSA) is 182 Å². The average Bonchev–Trinajstić information content (AvgIpc) is 2.60. The number of rotatable bonds is 4. The van der Waals surface area contributed by atoms with Gasteiger partial charge in [0.25, 0.3) is 0 Å². The van der Waals surface area contributed by atoms with E-state index in [0.717, 1.165) is 40.9 Å². The van der Waals surface area contributed by atoms with Gasteiger partial charge in [-0.05, 0) is 35.7 Å². The molecule has 0 aliphatic heterocycles. The highest BCUT2D eigenvalue weighted by molar-refractivity contribution is 7.69. The maximum atomic E-state index is 6.21. The highest BCUT2D eigenvalue weighted by Gasteiger charge is 2.16. The molecule has 140 valence electrons. The Bertz CT molecular complexity index is 870. The summed E-state index contributed by atoms with van der Waals surface area (Å²) in [6.45, 7) is 0. The van der Waals surface area contributed by atoms with E-state index in [2.05, 4.69) is 0 Å². The van der Waals surface area contributed by atoms with E-state index in [9.17, 15) is 0 Å². The summed E-state index contributed by atoms with van der Waals surface area (Å²) >= 11 is 0. The minimum absolute atomic E-state index is 0.666. The minimum Gasteiger partial charge on any atom is -0.297 e. The van der Waals surface area contributed by atoms with E-state index >= 15 is 0 Å². The van der Waals surface area contributed by atoms with Crippen LogP contribution in [-0.2, 0) is 11.6 Å². The van der Waals surface area contributed by atoms with E-state index in [4.69, 9.17) is 40.1 Å². The van der Waals surface area contributed by atoms with Gasteiger partial charge < -0.3 is 0 Å². The zero-order valence-corrected chi connectivity index (χ0v) is 17.2. The third-order valence-corrected chi connectivity index (χ3v) is 8.08. The van der Waals surface area contributed by atoms with E-state index in [0.29, 0.717) is 11.1 Å². The summed E-state index contributed by atoms with van der Waals surface area (Å²) in [5.74, 6) is -2.70. The van der Waals surface area contributed by atoms with Crippen molar-refractivity contribution in [3.8, 4) is 21.2 Å². The second kappa shape index (κ2) is 7.59. The molecule has 14 N–H and O–H groups in total. The van der Waals surface area contributed by atoms with E-state index in [1.807, 2.05) is 48.5 Å². The lowest BCUT2D eigenvalue weighted by molar-refractivity contribution is 0.488. The molecular formula is C17H22N7P3. The molecular weight excluding hydrogens is 395 g/mol. The molecule has 0 saturated heterocycles. The van der Waals surface area contributed by atoms with Gasteiger partial charge in [-0.15, -0.1) is 0 Å². The van der Waals surface area contributed by atoms with Crippen molar-refractivity contribution in [1.82, 2.24) is 0 Å². The van der Waals surface area contributed by atoms with Crippen LogP contribution in [0.25, 0.3) is 21.2 Å². The summed E-state index contributed by atoms with van der Waals surface area (Å²) in [4.78, 5) is 0. The summed E-state index contributed by atoms with van der Waals surface area (Å²) in [7, 11) is 3.13. The van der Waals surface area contributed by atoms with Crippen LogP contribution in [0.5, 0.6) is 0 Å². The quantitative estimate of drug-likeness (QED) is 0.318. The summed E-state index contributed by atoms with van der Waals surface area (Å²) in [6, 6.07) is 15.2. The molecule has 1 aromatic heterocycles. The first-order valence-corrected chi connectivity index (χ1v) is 10.7. The largest absolute Gasteiger partial charge is 0.297 e. The SMILES string of the molecule is Nc1pc(-c2ccc(C(N)(N)N)cc2)pc(-c2ccc(C(N)(N)N)cc2)p1. The van der Waals surface area contributed by atoms with Crippen molar-refractivity contribution in [1.29, 1.82) is 0 Å². The molecule has 0 bridgehead atoms. The fraction of sp³-hybridized carbons (Fsp3) is 0.118. The van der Waals surface area contributed by atoms with Gasteiger partial charge in [0.05, 0.1) is 5.15 Å². The fourth-order valence-corrected chi connectivity index (χ4v) is 7.37. The lowest BCUT2D eigenvalue weighted by atomic mass is 10.1. The van der Waals surface area contributed by atoms with Gasteiger partial charge in [0.15, 0.2) is 0 Å². The molecule has 0 spiro atoms. The number of hydrogen-bond acceptors (Lipinski definition) is 7. The highest BCUT2D eigenvalue weighted by atomic mass is 31.1. The van der Waals surface area contributed by atoms with E-state index in [1.54, 1.807) is 0 Å². The fourth-order valence-electron chi connectivity index (χ4n) is 2.47. The van der Waals surface area contributed by atoms with E-state index in [-0.39, 0.29) is 0 Å². The van der Waals surface area contributed by atoms with Crippen LogP contribution >= 0.6 is 24.6 Å². The van der Waals surface area contributed by atoms with Crippen molar-refractivity contribution in [2.24, 2.45) is 34.4 Å². The lowest BCUT2D eigenvalue weighted by Crippen LogP contribution is -2.54. The van der Waals surface area contributed by atoms with Gasteiger partial charge in [0.2, 0.25) is 0 Å². The first-order chi connectivity index (χ1) is 12.5. The zero-order valence-electron chi connectivity index (χ0n) is 14.5. The van der Waals surface area contributed by atoms with Crippen molar-refractivity contribution in [3.63, 3.8) is 0 Å². The van der Waals surface area contributed by atoms with Crippen LogP contribution in [0, 0.1) is 0 Å². The molecule has 10 heteroatoms. The molecule has 3 rings (SSSR count). The van der Waals surface area contributed by atoms with Gasteiger partial charge in [-0.1, -0.05) is 48.5 Å². The van der Waals surface area contributed by atoms with E-state index in [1.165, 1.54) is 10.1 Å². The molecule has 0 aliphatic rings. The molecule has 2 aromatic carbocycles. The zero-order chi connectivity index (χ0) is 19.8. The van der Waals surface area contributed by atoms with Crippen molar-refractivity contribution in [3.05, 3.63) is 59.7 Å². The van der Waals surface area contributed by atoms with Gasteiger partial charge >= 0.3 is 0 Å². The third-order valence-electron chi connectivity index (χ3n) is 3.94. The predicted octanol–water partition coefficient (Wildman–Crippen LogP) is 2.32. The third kappa shape index (κ3) is 4.94. The predicted molar refractivity (Wildman–Crippen MR) is 118 cm³/mol. The molecule has 0 radical (unpaired) electrons. The Hall–Kier alpha value is -1.33. The van der Waals surface area contributed by atoms with Crippen LogP contribution < -0.4 is 40.1 Å². The first kappa shape index (κ1) is 20.4. The number of benzene rings is 2. The number of nitrogen functional groups attached to an aromatic ring is 1. The van der Waals surface area contributed by atoms with Crippen LogP contribution in [0.15, 0.2) is 48.5 Å². The van der Waals surface area contributed by atoms with Crippen molar-refractivity contribution < 1.29 is 0 Å². The highest BCUT2D eigenvalue weighted by Crippen LogP contribution is 2.51. The van der Waals surface area contributed by atoms with Gasteiger partial charge in [0.1, 0.15) is 11.6 Å². The standard InChI is InChI=1S/C17H22N7P3/c18-15-26-13(9-1-5-11(6-2-9)16(19,20)21)25-14(27-15)10-3-7-12(8-4-10)17(22,23)24/h1-8H,18-24H2. The van der Waals surface area contributed by atoms with Crippen molar-refractivity contribution in [2.45, 2.75) is 11.6 Å². The Morgan fingerprint density at radius 3 is 1.15 bits per heavy atom. The Morgan fingerprint density at radius 1 is 0.519 bits per heavy atom. The maximum absolute atomic E-state index is 6.21. The molecule has 0 saturated carbocycles. The molecule has 0 fully saturated rings. The summed E-state index contributed by atoms with van der Waals surface area (Å²) < 4.78 is 0. The Labute approximate surface area is 162 Å². The second-order valence-corrected chi connectivity index (χ2v) is 10.8. The van der Waals surface area contributed by atoms with Gasteiger partial charge in [0, 0.05) is 21.2 Å². The number of anilines is 1. The van der Waals surface area contributed by atoms with Crippen LogP contribution in [0.1, 0.15) is 11.1 Å². The Balaban J connectivity index is 1.97. The smallest absolute Gasteiger partial charge is 0.142 e. The molecule has 7 nitrogen and oxygen atoms in total. The normalized spacial score (nSPS) is 13.1. The van der Waals surface area contributed by atoms with Gasteiger partial charge in [-0.3, -0.25) is 40.1 Å².